The molecule has 0 saturated heterocycles. The first-order chi connectivity index (χ1) is 8.08. The molecule has 0 radical (unpaired) electrons. The van der Waals surface area contributed by atoms with Crippen molar-refractivity contribution in [3.63, 3.8) is 0 Å². The molecule has 2 aromatic rings. The van der Waals surface area contributed by atoms with Crippen LogP contribution < -0.4 is 11.1 Å². The van der Waals surface area contributed by atoms with Crippen molar-refractivity contribution in [2.75, 3.05) is 11.1 Å². The van der Waals surface area contributed by atoms with Crippen LogP contribution >= 0.6 is 23.1 Å². The molecule has 0 aliphatic carbocycles. The molecule has 0 aliphatic heterocycles. The molecule has 0 saturated carbocycles. The quantitative estimate of drug-likeness (QED) is 0.819. The minimum Gasteiger partial charge on any atom is -0.397 e. The van der Waals surface area contributed by atoms with Gasteiger partial charge in [-0.1, -0.05) is 16.1 Å². The molecule has 0 aliphatic rings. The number of nitrogens with one attached hydrogen (secondary N) is 1. The lowest BCUT2D eigenvalue weighted by molar-refractivity contribution is 0.103. The molecule has 5 nitrogen and oxygen atoms in total. The van der Waals surface area contributed by atoms with Gasteiger partial charge in [0.05, 0.1) is 17.1 Å². The SMILES string of the molecule is Cc1nnsc1C(=O)Nc1cc(Cl)ccc1N. The number of halogens is 1. The molecule has 0 atom stereocenters. The molecule has 1 amide bonds. The molecule has 3 N–H and O–H groups in total. The molecule has 2 rings (SSSR count). The van der Waals surface area contributed by atoms with Crippen LogP contribution in [0.4, 0.5) is 11.4 Å². The second kappa shape index (κ2) is 4.68. The maximum atomic E-state index is 11.9. The summed E-state index contributed by atoms with van der Waals surface area (Å²) in [6.07, 6.45) is 0. The number of aromatic nitrogens is 2. The second-order valence-electron chi connectivity index (χ2n) is 3.37. The standard InChI is InChI=1S/C10H9ClN4OS/c1-5-9(17-15-14-5)10(16)13-8-4-6(11)2-3-7(8)12/h2-4H,12H2,1H3,(H,13,16). The predicted octanol–water partition coefficient (Wildman–Crippen LogP) is 2.33. The van der Waals surface area contributed by atoms with E-state index in [1.54, 1.807) is 25.1 Å². The highest BCUT2D eigenvalue weighted by Gasteiger charge is 2.14. The molecule has 1 heterocycles. The van der Waals surface area contributed by atoms with Gasteiger partial charge in [0, 0.05) is 5.02 Å². The summed E-state index contributed by atoms with van der Waals surface area (Å²) in [5.74, 6) is -0.286. The van der Waals surface area contributed by atoms with Gasteiger partial charge in [0.1, 0.15) is 4.88 Å². The smallest absolute Gasteiger partial charge is 0.269 e. The van der Waals surface area contributed by atoms with Gasteiger partial charge in [0.25, 0.3) is 5.91 Å². The fourth-order valence-corrected chi connectivity index (χ4v) is 1.98. The highest BCUT2D eigenvalue weighted by molar-refractivity contribution is 7.08. The number of nitrogen functional groups attached to an aromatic ring is 1. The lowest BCUT2D eigenvalue weighted by Gasteiger charge is -2.07. The van der Waals surface area contributed by atoms with Crippen LogP contribution in [0.1, 0.15) is 15.4 Å². The first-order valence-corrected chi connectivity index (χ1v) is 5.88. The fourth-order valence-electron chi connectivity index (χ4n) is 1.26. The largest absolute Gasteiger partial charge is 0.397 e. The van der Waals surface area contributed by atoms with Crippen LogP contribution in [0.25, 0.3) is 0 Å². The van der Waals surface area contributed by atoms with Crippen LogP contribution in [0.15, 0.2) is 18.2 Å². The van der Waals surface area contributed by atoms with Gasteiger partial charge in [0.2, 0.25) is 0 Å². The Morgan fingerprint density at radius 3 is 2.94 bits per heavy atom. The van der Waals surface area contributed by atoms with Crippen LogP contribution in [0, 0.1) is 6.92 Å². The van der Waals surface area contributed by atoms with Crippen molar-refractivity contribution in [2.45, 2.75) is 6.92 Å². The summed E-state index contributed by atoms with van der Waals surface area (Å²) in [5.41, 5.74) is 7.26. The summed E-state index contributed by atoms with van der Waals surface area (Å²) in [7, 11) is 0. The average molecular weight is 269 g/mol. The molecular weight excluding hydrogens is 260 g/mol. The summed E-state index contributed by atoms with van der Waals surface area (Å²) >= 11 is 6.87. The molecule has 1 aromatic heterocycles. The number of carbonyl (C=O) groups is 1. The van der Waals surface area contributed by atoms with Crippen LogP contribution in [0.2, 0.25) is 5.02 Å². The number of rotatable bonds is 2. The minimum absolute atomic E-state index is 0.286. The first kappa shape index (κ1) is 11.8. The van der Waals surface area contributed by atoms with Gasteiger partial charge < -0.3 is 11.1 Å². The predicted molar refractivity (Wildman–Crippen MR) is 68.5 cm³/mol. The maximum Gasteiger partial charge on any atom is 0.269 e. The van der Waals surface area contributed by atoms with Crippen molar-refractivity contribution >= 4 is 40.4 Å². The molecule has 17 heavy (non-hydrogen) atoms. The molecular formula is C10H9ClN4OS. The van der Waals surface area contributed by atoms with E-state index in [9.17, 15) is 4.79 Å². The molecule has 88 valence electrons. The van der Waals surface area contributed by atoms with Crippen LogP contribution in [-0.4, -0.2) is 15.5 Å². The van der Waals surface area contributed by atoms with Crippen molar-refractivity contribution in [1.82, 2.24) is 9.59 Å². The number of anilines is 2. The Morgan fingerprint density at radius 1 is 1.53 bits per heavy atom. The molecule has 0 bridgehead atoms. The topological polar surface area (TPSA) is 80.9 Å². The van der Waals surface area contributed by atoms with Crippen LogP contribution in [0.5, 0.6) is 0 Å². The zero-order valence-electron chi connectivity index (χ0n) is 8.90. The molecule has 0 unspecified atom stereocenters. The lowest BCUT2D eigenvalue weighted by atomic mass is 10.2. The van der Waals surface area contributed by atoms with Crippen molar-refractivity contribution in [3.05, 3.63) is 33.8 Å². The number of aryl methyl sites for hydroxylation is 1. The van der Waals surface area contributed by atoms with E-state index in [1.807, 2.05) is 0 Å². The van der Waals surface area contributed by atoms with E-state index in [4.69, 9.17) is 17.3 Å². The van der Waals surface area contributed by atoms with E-state index in [0.29, 0.717) is 27.0 Å². The number of nitrogens with zero attached hydrogens (tertiary/aromatic N) is 2. The summed E-state index contributed by atoms with van der Waals surface area (Å²) in [6, 6.07) is 4.89. The monoisotopic (exact) mass is 268 g/mol. The van der Waals surface area contributed by atoms with E-state index >= 15 is 0 Å². The summed E-state index contributed by atoms with van der Waals surface area (Å²) in [6.45, 7) is 1.72. The van der Waals surface area contributed by atoms with Gasteiger partial charge in [-0.25, -0.2) is 0 Å². The Kier molecular flexibility index (Phi) is 3.26. The van der Waals surface area contributed by atoms with Crippen LogP contribution in [-0.2, 0) is 0 Å². The zero-order valence-corrected chi connectivity index (χ0v) is 10.5. The van der Waals surface area contributed by atoms with Crippen molar-refractivity contribution < 1.29 is 4.79 Å². The number of amides is 1. The number of benzene rings is 1. The van der Waals surface area contributed by atoms with Crippen molar-refractivity contribution in [1.29, 1.82) is 0 Å². The molecule has 0 spiro atoms. The molecule has 1 aromatic carbocycles. The van der Waals surface area contributed by atoms with E-state index in [1.165, 1.54) is 0 Å². The summed E-state index contributed by atoms with van der Waals surface area (Å²) in [5, 5.41) is 6.95. The average Bonchev–Trinajstić information content (AvgIpc) is 2.70. The third kappa shape index (κ3) is 2.54. The summed E-state index contributed by atoms with van der Waals surface area (Å²) in [4.78, 5) is 12.3. The number of hydrogen-bond donors (Lipinski definition) is 2. The zero-order chi connectivity index (χ0) is 12.4. The van der Waals surface area contributed by atoms with E-state index < -0.39 is 0 Å². The third-order valence-corrected chi connectivity index (χ3v) is 3.18. The minimum atomic E-state index is -0.286. The number of carbonyl (C=O) groups excluding carboxylic acids is 1. The Morgan fingerprint density at radius 2 is 2.29 bits per heavy atom. The third-order valence-electron chi connectivity index (χ3n) is 2.12. The number of hydrogen-bond acceptors (Lipinski definition) is 5. The lowest BCUT2D eigenvalue weighted by Crippen LogP contribution is -2.12. The first-order valence-electron chi connectivity index (χ1n) is 4.73. The van der Waals surface area contributed by atoms with Gasteiger partial charge in [0.15, 0.2) is 0 Å². The second-order valence-corrected chi connectivity index (χ2v) is 4.56. The van der Waals surface area contributed by atoms with E-state index in [2.05, 4.69) is 14.9 Å². The Hall–Kier alpha value is -1.66. The van der Waals surface area contributed by atoms with Gasteiger partial charge in [-0.15, -0.1) is 5.10 Å². The van der Waals surface area contributed by atoms with Crippen LogP contribution in [0.3, 0.4) is 0 Å². The fraction of sp³-hybridized carbons (Fsp3) is 0.100. The van der Waals surface area contributed by atoms with E-state index in [0.717, 1.165) is 11.5 Å². The highest BCUT2D eigenvalue weighted by atomic mass is 35.5. The van der Waals surface area contributed by atoms with Gasteiger partial charge in [-0.2, -0.15) is 0 Å². The van der Waals surface area contributed by atoms with Gasteiger partial charge >= 0.3 is 0 Å². The molecule has 7 heteroatoms. The van der Waals surface area contributed by atoms with Crippen molar-refractivity contribution in [2.24, 2.45) is 0 Å². The Bertz CT molecular complexity index is 569. The van der Waals surface area contributed by atoms with E-state index in [-0.39, 0.29) is 5.91 Å². The highest BCUT2D eigenvalue weighted by Crippen LogP contribution is 2.24. The summed E-state index contributed by atoms with van der Waals surface area (Å²) < 4.78 is 3.70. The van der Waals surface area contributed by atoms with Gasteiger partial charge in [-0.3, -0.25) is 4.79 Å². The Balaban J connectivity index is 2.24. The number of nitrogens with two attached hydrogens (primary N) is 1. The molecule has 0 fully saturated rings. The van der Waals surface area contributed by atoms with Crippen molar-refractivity contribution in [3.8, 4) is 0 Å². The maximum absolute atomic E-state index is 11.9. The Labute approximate surface area is 107 Å². The normalized spacial score (nSPS) is 10.2. The van der Waals surface area contributed by atoms with Gasteiger partial charge in [-0.05, 0) is 36.7 Å².